The van der Waals surface area contributed by atoms with Gasteiger partial charge in [-0.25, -0.2) is 8.42 Å². The zero-order chi connectivity index (χ0) is 18.9. The molecule has 2 aliphatic rings. The lowest BCUT2D eigenvalue weighted by Crippen LogP contribution is -2.37. The minimum Gasteiger partial charge on any atom is -0.342 e. The van der Waals surface area contributed by atoms with Gasteiger partial charge in [-0.15, -0.1) is 0 Å². The molecule has 1 aromatic rings. The molecule has 0 unspecified atom stereocenters. The van der Waals surface area contributed by atoms with E-state index in [1.165, 1.54) is 11.8 Å². The predicted molar refractivity (Wildman–Crippen MR) is 107 cm³/mol. The van der Waals surface area contributed by atoms with Crippen molar-refractivity contribution in [1.82, 2.24) is 4.90 Å². The summed E-state index contributed by atoms with van der Waals surface area (Å²) in [5.74, 6) is 0.0336. The van der Waals surface area contributed by atoms with Gasteiger partial charge in [0.25, 0.3) is 5.91 Å². The number of carbonyl (C=O) groups is 1. The largest absolute Gasteiger partial charge is 0.342 e. The van der Waals surface area contributed by atoms with Gasteiger partial charge >= 0.3 is 0 Å². The number of fused-ring (bicyclic) bond motifs is 1. The third kappa shape index (κ3) is 4.10. The highest BCUT2D eigenvalue weighted by Gasteiger charge is 2.48. The number of hydrogen-bond acceptors (Lipinski definition) is 4. The minimum absolute atomic E-state index is 0.0734. The van der Waals surface area contributed by atoms with E-state index in [4.69, 9.17) is 11.6 Å². The SMILES string of the molecule is CCC(CC)C(=O)N=C1S[C@H]2CS(=O)(=O)C[C@@H]2N1Cc1ccccc1Cl. The smallest absolute Gasteiger partial charge is 0.251 e. The summed E-state index contributed by atoms with van der Waals surface area (Å²) in [6.45, 7) is 4.42. The van der Waals surface area contributed by atoms with E-state index in [0.717, 1.165) is 18.4 Å². The molecule has 142 valence electrons. The van der Waals surface area contributed by atoms with Crippen LogP contribution in [0.2, 0.25) is 5.02 Å². The molecule has 0 saturated carbocycles. The summed E-state index contributed by atoms with van der Waals surface area (Å²) in [5, 5.41) is 1.19. The Labute approximate surface area is 164 Å². The van der Waals surface area contributed by atoms with Crippen molar-refractivity contribution in [3.63, 3.8) is 0 Å². The van der Waals surface area contributed by atoms with Gasteiger partial charge in [0.1, 0.15) is 0 Å². The zero-order valence-corrected chi connectivity index (χ0v) is 17.3. The van der Waals surface area contributed by atoms with Crippen molar-refractivity contribution in [3.8, 4) is 0 Å². The second kappa shape index (κ2) is 7.90. The van der Waals surface area contributed by atoms with Crippen molar-refractivity contribution < 1.29 is 13.2 Å². The highest BCUT2D eigenvalue weighted by atomic mass is 35.5. The van der Waals surface area contributed by atoms with Crippen molar-refractivity contribution >= 4 is 44.3 Å². The molecule has 8 heteroatoms. The summed E-state index contributed by atoms with van der Waals surface area (Å²) in [7, 11) is -3.05. The normalized spacial score (nSPS) is 25.8. The quantitative estimate of drug-likeness (QED) is 0.738. The minimum atomic E-state index is -3.05. The maximum absolute atomic E-state index is 12.5. The van der Waals surface area contributed by atoms with Crippen LogP contribution in [0.4, 0.5) is 0 Å². The summed E-state index contributed by atoms with van der Waals surface area (Å²) in [4.78, 5) is 18.8. The number of thioether (sulfide) groups is 1. The van der Waals surface area contributed by atoms with Gasteiger partial charge in [-0.1, -0.05) is 55.4 Å². The summed E-state index contributed by atoms with van der Waals surface area (Å²) in [6, 6.07) is 7.34. The Morgan fingerprint density at radius 2 is 2.00 bits per heavy atom. The molecule has 2 atom stereocenters. The van der Waals surface area contributed by atoms with E-state index in [9.17, 15) is 13.2 Å². The first-order chi connectivity index (χ1) is 12.3. The lowest BCUT2D eigenvalue weighted by molar-refractivity contribution is -0.121. The molecule has 2 saturated heterocycles. The van der Waals surface area contributed by atoms with Crippen molar-refractivity contribution in [3.05, 3.63) is 34.9 Å². The standard InChI is InChI=1S/C18H23ClN2O3S2/c1-3-12(4-2)17(22)20-18-21(9-13-7-5-6-8-14(13)19)15-10-26(23,24)11-16(15)25-18/h5-8,12,15-16H,3-4,9-11H2,1-2H3/t15-,16-/m0/s1. The van der Waals surface area contributed by atoms with Gasteiger partial charge in [-0.2, -0.15) is 4.99 Å². The summed E-state index contributed by atoms with van der Waals surface area (Å²) in [6.07, 6.45) is 1.51. The number of hydrogen-bond donors (Lipinski definition) is 0. The molecule has 2 fully saturated rings. The topological polar surface area (TPSA) is 66.8 Å². The van der Waals surface area contributed by atoms with E-state index in [-0.39, 0.29) is 34.6 Å². The average Bonchev–Trinajstić information content (AvgIpc) is 3.03. The van der Waals surface area contributed by atoms with E-state index < -0.39 is 9.84 Å². The van der Waals surface area contributed by atoms with Crippen LogP contribution in [0.3, 0.4) is 0 Å². The predicted octanol–water partition coefficient (Wildman–Crippen LogP) is 3.37. The molecule has 0 N–H and O–H groups in total. The first kappa shape index (κ1) is 19.7. The molecule has 3 rings (SSSR count). The Kier molecular flexibility index (Phi) is 5.99. The molecule has 1 amide bonds. The lowest BCUT2D eigenvalue weighted by Gasteiger charge is -2.25. The Morgan fingerprint density at radius 1 is 1.31 bits per heavy atom. The maximum Gasteiger partial charge on any atom is 0.251 e. The number of rotatable bonds is 5. The lowest BCUT2D eigenvalue weighted by atomic mass is 10.0. The zero-order valence-electron chi connectivity index (χ0n) is 14.9. The second-order valence-electron chi connectivity index (χ2n) is 6.77. The molecule has 2 heterocycles. The van der Waals surface area contributed by atoms with Gasteiger partial charge < -0.3 is 4.90 Å². The first-order valence-corrected chi connectivity index (χ1v) is 11.9. The van der Waals surface area contributed by atoms with Crippen LogP contribution in [0, 0.1) is 5.92 Å². The molecule has 2 aliphatic heterocycles. The molecule has 1 aromatic carbocycles. The number of amidine groups is 1. The highest BCUT2D eigenvalue weighted by Crippen LogP contribution is 2.39. The third-order valence-electron chi connectivity index (χ3n) is 5.01. The van der Waals surface area contributed by atoms with Gasteiger partial charge in [0.2, 0.25) is 0 Å². The Morgan fingerprint density at radius 3 is 2.65 bits per heavy atom. The molecule has 26 heavy (non-hydrogen) atoms. The third-order valence-corrected chi connectivity index (χ3v) is 8.63. The van der Waals surface area contributed by atoms with Crippen LogP contribution in [-0.2, 0) is 21.2 Å². The van der Waals surface area contributed by atoms with Crippen LogP contribution in [0.1, 0.15) is 32.3 Å². The van der Waals surface area contributed by atoms with E-state index >= 15 is 0 Å². The Balaban J connectivity index is 1.91. The molecule has 0 aliphatic carbocycles. The number of amides is 1. The van der Waals surface area contributed by atoms with Crippen molar-refractivity contribution in [2.24, 2.45) is 10.9 Å². The van der Waals surface area contributed by atoms with E-state index in [1.54, 1.807) is 0 Å². The number of carbonyl (C=O) groups excluding carboxylic acids is 1. The van der Waals surface area contributed by atoms with E-state index in [1.807, 2.05) is 43.0 Å². The second-order valence-corrected chi connectivity index (χ2v) is 10.5. The fourth-order valence-electron chi connectivity index (χ4n) is 3.45. The molecule has 0 aromatic heterocycles. The van der Waals surface area contributed by atoms with E-state index in [0.29, 0.717) is 16.7 Å². The van der Waals surface area contributed by atoms with Crippen LogP contribution < -0.4 is 0 Å². The highest BCUT2D eigenvalue weighted by molar-refractivity contribution is 8.15. The van der Waals surface area contributed by atoms with Crippen LogP contribution in [-0.4, -0.2) is 47.2 Å². The Bertz CT molecular complexity index is 821. The fourth-order valence-corrected chi connectivity index (χ4v) is 7.61. The molecule has 5 nitrogen and oxygen atoms in total. The first-order valence-electron chi connectivity index (χ1n) is 8.84. The molecule has 0 radical (unpaired) electrons. The molecular weight excluding hydrogens is 392 g/mol. The summed E-state index contributed by atoms with van der Waals surface area (Å²) >= 11 is 7.71. The van der Waals surface area contributed by atoms with Crippen LogP contribution >= 0.6 is 23.4 Å². The fraction of sp³-hybridized carbons (Fsp3) is 0.556. The number of aliphatic imine (C=N–C) groups is 1. The molecule has 0 bridgehead atoms. The number of halogens is 1. The Hall–Kier alpha value is -1.05. The monoisotopic (exact) mass is 414 g/mol. The molecule has 0 spiro atoms. The number of nitrogens with zero attached hydrogens (tertiary/aromatic N) is 2. The van der Waals surface area contributed by atoms with Crippen molar-refractivity contribution in [2.75, 3.05) is 11.5 Å². The van der Waals surface area contributed by atoms with Gasteiger partial charge in [0.15, 0.2) is 15.0 Å². The summed E-state index contributed by atoms with van der Waals surface area (Å²) < 4.78 is 24.1. The van der Waals surface area contributed by atoms with Crippen LogP contribution in [0.15, 0.2) is 29.3 Å². The average molecular weight is 415 g/mol. The van der Waals surface area contributed by atoms with Gasteiger partial charge in [0, 0.05) is 22.7 Å². The van der Waals surface area contributed by atoms with E-state index in [2.05, 4.69) is 4.99 Å². The van der Waals surface area contributed by atoms with Gasteiger partial charge in [0.05, 0.1) is 17.5 Å². The van der Waals surface area contributed by atoms with Crippen molar-refractivity contribution in [2.45, 2.75) is 44.5 Å². The molecular formula is C18H23ClN2O3S2. The van der Waals surface area contributed by atoms with Gasteiger partial charge in [-0.3, -0.25) is 4.79 Å². The van der Waals surface area contributed by atoms with Crippen LogP contribution in [0.25, 0.3) is 0 Å². The summed E-state index contributed by atoms with van der Waals surface area (Å²) in [5.41, 5.74) is 0.905. The number of benzene rings is 1. The maximum atomic E-state index is 12.5. The number of sulfone groups is 1. The van der Waals surface area contributed by atoms with Crippen molar-refractivity contribution in [1.29, 1.82) is 0 Å². The van der Waals surface area contributed by atoms with Crippen LogP contribution in [0.5, 0.6) is 0 Å². The van der Waals surface area contributed by atoms with Gasteiger partial charge in [-0.05, 0) is 24.5 Å².